The molecule has 0 aliphatic heterocycles. The maximum Gasteiger partial charge on any atom is 0.271 e. The van der Waals surface area contributed by atoms with Gasteiger partial charge in [0.15, 0.2) is 0 Å². The largest absolute Gasteiger partial charge is 0.487 e. The fourth-order valence-corrected chi connectivity index (χ4v) is 3.42. The molecule has 0 radical (unpaired) electrons. The van der Waals surface area contributed by atoms with Crippen molar-refractivity contribution in [3.63, 3.8) is 0 Å². The highest BCUT2D eigenvalue weighted by Gasteiger charge is 2.21. The Balaban J connectivity index is 1.46. The second kappa shape index (κ2) is 8.88. The Bertz CT molecular complexity index is 1140. The average molecular weight is 419 g/mol. The molecule has 1 unspecified atom stereocenters. The topological polar surface area (TPSA) is 79.8 Å². The van der Waals surface area contributed by atoms with Gasteiger partial charge in [0.1, 0.15) is 18.0 Å². The number of nitrogens with one attached hydrogen (secondary N) is 1. The molecule has 4 aromatic rings. The molecule has 0 spiro atoms. The summed E-state index contributed by atoms with van der Waals surface area (Å²) in [6.45, 7) is 0.343. The molecule has 0 fully saturated rings. The fourth-order valence-electron chi connectivity index (χ4n) is 3.29. The van der Waals surface area contributed by atoms with Crippen LogP contribution in [0.3, 0.4) is 0 Å². The zero-order valence-electron chi connectivity index (χ0n) is 16.0. The van der Waals surface area contributed by atoms with Gasteiger partial charge >= 0.3 is 0 Å². The molecule has 0 aliphatic carbocycles. The van der Waals surface area contributed by atoms with E-state index in [1.54, 1.807) is 12.1 Å². The Morgan fingerprint density at radius 2 is 1.87 bits per heavy atom. The van der Waals surface area contributed by atoms with Crippen molar-refractivity contribution in [3.8, 4) is 5.75 Å². The summed E-state index contributed by atoms with van der Waals surface area (Å²) in [6.07, 6.45) is 4.32. The molecule has 2 aromatic carbocycles. The van der Waals surface area contributed by atoms with Crippen LogP contribution in [0.25, 0.3) is 5.65 Å². The first-order valence-corrected chi connectivity index (χ1v) is 9.81. The van der Waals surface area contributed by atoms with E-state index in [1.807, 2.05) is 71.4 Å². The Hall–Kier alpha value is -3.51. The lowest BCUT2D eigenvalue weighted by Crippen LogP contribution is -2.13. The lowest BCUT2D eigenvalue weighted by atomic mass is 9.91. The number of fused-ring (bicyclic) bond motifs is 1. The summed E-state index contributed by atoms with van der Waals surface area (Å²) >= 11 is 5.93. The summed E-state index contributed by atoms with van der Waals surface area (Å²) in [6, 6.07) is 20.4. The Morgan fingerprint density at radius 3 is 2.57 bits per heavy atom. The summed E-state index contributed by atoms with van der Waals surface area (Å²) in [5, 5.41) is 3.78. The zero-order chi connectivity index (χ0) is 20.9. The third-order valence-corrected chi connectivity index (χ3v) is 5.10. The van der Waals surface area contributed by atoms with Gasteiger partial charge in [-0.3, -0.25) is 4.79 Å². The van der Waals surface area contributed by atoms with Gasteiger partial charge in [-0.25, -0.2) is 10.5 Å². The second-order valence-electron chi connectivity index (χ2n) is 6.89. The van der Waals surface area contributed by atoms with Gasteiger partial charge in [0.2, 0.25) is 0 Å². The standard InChI is InChI=1S/C23H19ClN4O2/c24-18-8-4-16(5-9-18)13-21(23(29)27-25)17-6-10-20(11-7-17)30-15-19-14-28-12-2-1-3-22(28)26-19/h1-12,14,21,25H,13,15H2. The highest BCUT2D eigenvalue weighted by Crippen LogP contribution is 2.26. The molecule has 1 N–H and O–H groups in total. The highest BCUT2D eigenvalue weighted by atomic mass is 35.5. The van der Waals surface area contributed by atoms with Crippen molar-refractivity contribution in [2.24, 2.45) is 5.11 Å². The molecule has 0 bridgehead atoms. The van der Waals surface area contributed by atoms with Crippen LogP contribution in [0.4, 0.5) is 0 Å². The first kappa shape index (κ1) is 19.8. The van der Waals surface area contributed by atoms with Gasteiger partial charge in [-0.15, -0.1) is 5.11 Å². The van der Waals surface area contributed by atoms with Crippen LogP contribution < -0.4 is 4.74 Å². The van der Waals surface area contributed by atoms with Crippen molar-refractivity contribution in [1.82, 2.24) is 9.38 Å². The number of imidazole rings is 1. The van der Waals surface area contributed by atoms with E-state index in [-0.39, 0.29) is 0 Å². The number of pyridine rings is 1. The minimum Gasteiger partial charge on any atom is -0.487 e. The number of benzene rings is 2. The summed E-state index contributed by atoms with van der Waals surface area (Å²) in [5.74, 6) is -0.337. The lowest BCUT2D eigenvalue weighted by molar-refractivity contribution is -0.120. The fraction of sp³-hybridized carbons (Fsp3) is 0.130. The number of amides is 1. The minimum atomic E-state index is -0.531. The molecule has 30 heavy (non-hydrogen) atoms. The van der Waals surface area contributed by atoms with E-state index in [9.17, 15) is 4.79 Å². The highest BCUT2D eigenvalue weighted by molar-refractivity contribution is 6.30. The molecular formula is C23H19ClN4O2. The number of hydrogen-bond acceptors (Lipinski definition) is 4. The molecule has 6 nitrogen and oxygen atoms in total. The predicted molar refractivity (Wildman–Crippen MR) is 114 cm³/mol. The molecule has 1 atom stereocenters. The normalized spacial score (nSPS) is 11.9. The van der Waals surface area contributed by atoms with Gasteiger partial charge in [-0.2, -0.15) is 0 Å². The predicted octanol–water partition coefficient (Wildman–Crippen LogP) is 5.45. The van der Waals surface area contributed by atoms with E-state index in [2.05, 4.69) is 10.1 Å². The van der Waals surface area contributed by atoms with E-state index in [4.69, 9.17) is 21.9 Å². The van der Waals surface area contributed by atoms with Gasteiger partial charge in [0.05, 0.1) is 11.6 Å². The summed E-state index contributed by atoms with van der Waals surface area (Å²) in [4.78, 5) is 16.8. The smallest absolute Gasteiger partial charge is 0.271 e. The Morgan fingerprint density at radius 1 is 1.10 bits per heavy atom. The van der Waals surface area contributed by atoms with Gasteiger partial charge in [-0.05, 0) is 53.9 Å². The van der Waals surface area contributed by atoms with E-state index in [0.717, 1.165) is 22.5 Å². The average Bonchev–Trinajstić information content (AvgIpc) is 3.20. The van der Waals surface area contributed by atoms with Crippen LogP contribution in [-0.4, -0.2) is 15.3 Å². The summed E-state index contributed by atoms with van der Waals surface area (Å²) < 4.78 is 7.78. The number of aromatic nitrogens is 2. The number of ether oxygens (including phenoxy) is 1. The van der Waals surface area contributed by atoms with E-state index in [1.165, 1.54) is 0 Å². The minimum absolute atomic E-state index is 0.343. The number of carbonyl (C=O) groups excluding carboxylic acids is 1. The first-order valence-electron chi connectivity index (χ1n) is 9.43. The van der Waals surface area contributed by atoms with Crippen LogP contribution in [0, 0.1) is 5.53 Å². The molecule has 150 valence electrons. The van der Waals surface area contributed by atoms with Crippen molar-refractivity contribution in [1.29, 1.82) is 5.53 Å². The molecule has 0 saturated heterocycles. The number of rotatable bonds is 7. The van der Waals surface area contributed by atoms with Crippen LogP contribution in [0.2, 0.25) is 5.02 Å². The van der Waals surface area contributed by atoms with Crippen molar-refractivity contribution in [3.05, 3.63) is 101 Å². The summed E-state index contributed by atoms with van der Waals surface area (Å²) in [7, 11) is 0. The van der Waals surface area contributed by atoms with Crippen LogP contribution in [0.5, 0.6) is 5.75 Å². The monoisotopic (exact) mass is 418 g/mol. The lowest BCUT2D eigenvalue weighted by Gasteiger charge is -2.14. The van der Waals surface area contributed by atoms with Crippen LogP contribution in [-0.2, 0) is 17.8 Å². The van der Waals surface area contributed by atoms with Gasteiger partial charge in [-0.1, -0.05) is 41.9 Å². The third kappa shape index (κ3) is 4.55. The number of halogens is 1. The van der Waals surface area contributed by atoms with Gasteiger partial charge in [0.25, 0.3) is 5.91 Å². The molecule has 0 saturated carbocycles. The Kier molecular flexibility index (Phi) is 5.86. The van der Waals surface area contributed by atoms with Crippen LogP contribution in [0.1, 0.15) is 22.7 Å². The first-order chi connectivity index (χ1) is 14.6. The van der Waals surface area contributed by atoms with Crippen LogP contribution in [0.15, 0.2) is 84.2 Å². The van der Waals surface area contributed by atoms with Crippen molar-refractivity contribution in [2.45, 2.75) is 18.9 Å². The quantitative estimate of drug-likeness (QED) is 0.405. The molecule has 0 aliphatic rings. The summed E-state index contributed by atoms with van der Waals surface area (Å²) in [5.41, 5.74) is 10.6. The number of hydrogen-bond donors (Lipinski definition) is 1. The molecule has 4 rings (SSSR count). The molecule has 2 heterocycles. The second-order valence-corrected chi connectivity index (χ2v) is 7.33. The van der Waals surface area contributed by atoms with E-state index < -0.39 is 11.8 Å². The maximum absolute atomic E-state index is 12.2. The zero-order valence-corrected chi connectivity index (χ0v) is 16.8. The van der Waals surface area contributed by atoms with Gasteiger partial charge < -0.3 is 9.14 Å². The van der Waals surface area contributed by atoms with Gasteiger partial charge in [0, 0.05) is 17.4 Å². The van der Waals surface area contributed by atoms with Crippen LogP contribution >= 0.6 is 11.6 Å². The van der Waals surface area contributed by atoms with E-state index in [0.29, 0.717) is 23.8 Å². The molecular weight excluding hydrogens is 400 g/mol. The van der Waals surface area contributed by atoms with E-state index >= 15 is 0 Å². The van der Waals surface area contributed by atoms with Crippen molar-refractivity contribution < 1.29 is 9.53 Å². The Labute approximate surface area is 178 Å². The SMILES string of the molecule is N=NC(=O)C(Cc1ccc(Cl)cc1)c1ccc(OCc2cn3ccccc3n2)cc1. The number of nitrogens with zero attached hydrogens (tertiary/aromatic N) is 3. The molecule has 1 amide bonds. The third-order valence-electron chi connectivity index (χ3n) is 4.84. The molecule has 2 aromatic heterocycles. The van der Waals surface area contributed by atoms with Crippen molar-refractivity contribution in [2.75, 3.05) is 0 Å². The molecule has 7 heteroatoms. The number of carbonyl (C=O) groups is 1. The maximum atomic E-state index is 12.2. The van der Waals surface area contributed by atoms with Crippen molar-refractivity contribution >= 4 is 23.2 Å².